The first-order valence-corrected chi connectivity index (χ1v) is 9.59. The molecule has 3 aromatic rings. The Morgan fingerprint density at radius 3 is 1.96 bits per heavy atom. The minimum atomic E-state index is -3.35. The maximum Gasteiger partial charge on any atom is 0.182 e. The van der Waals surface area contributed by atoms with Gasteiger partial charge in [0.25, 0.3) is 0 Å². The lowest BCUT2D eigenvalue weighted by Gasteiger charge is -2.08. The van der Waals surface area contributed by atoms with Gasteiger partial charge in [0.2, 0.25) is 0 Å². The fourth-order valence-corrected chi connectivity index (χ4v) is 4.01. The SMILES string of the molecule is Nc1ccc(Cc2ccc(S(=O)(=O)Cc3ccccc3)cc2)cc1N. The normalized spacial score (nSPS) is 11.4. The van der Waals surface area contributed by atoms with E-state index in [-0.39, 0.29) is 5.75 Å². The van der Waals surface area contributed by atoms with Crippen LogP contribution in [0.3, 0.4) is 0 Å². The Morgan fingerprint density at radius 1 is 0.680 bits per heavy atom. The average Bonchev–Trinajstić information content (AvgIpc) is 2.59. The second-order valence-electron chi connectivity index (χ2n) is 6.03. The molecule has 0 unspecified atom stereocenters. The summed E-state index contributed by atoms with van der Waals surface area (Å²) in [5.74, 6) is 0.00167. The van der Waals surface area contributed by atoms with Crippen molar-refractivity contribution in [2.45, 2.75) is 17.1 Å². The summed E-state index contributed by atoms with van der Waals surface area (Å²) < 4.78 is 25.0. The van der Waals surface area contributed by atoms with Crippen molar-refractivity contribution in [2.75, 3.05) is 11.5 Å². The first kappa shape index (κ1) is 17.0. The molecule has 0 saturated carbocycles. The van der Waals surface area contributed by atoms with Gasteiger partial charge < -0.3 is 11.5 Å². The highest BCUT2D eigenvalue weighted by molar-refractivity contribution is 7.90. The largest absolute Gasteiger partial charge is 0.397 e. The fourth-order valence-electron chi connectivity index (χ4n) is 2.66. The Kier molecular flexibility index (Phi) is 4.76. The van der Waals surface area contributed by atoms with E-state index in [1.807, 2.05) is 54.6 Å². The number of nitrogen functional groups attached to an aromatic ring is 2. The molecule has 128 valence electrons. The second kappa shape index (κ2) is 6.99. The Morgan fingerprint density at radius 2 is 1.32 bits per heavy atom. The van der Waals surface area contributed by atoms with Gasteiger partial charge in [-0.05, 0) is 47.4 Å². The Balaban J connectivity index is 1.76. The molecular formula is C20H20N2O2S. The maximum absolute atomic E-state index is 12.5. The molecule has 3 aromatic carbocycles. The molecule has 0 bridgehead atoms. The lowest BCUT2D eigenvalue weighted by molar-refractivity contribution is 0.595. The molecule has 5 heteroatoms. The molecule has 4 N–H and O–H groups in total. The van der Waals surface area contributed by atoms with E-state index in [0.717, 1.165) is 16.7 Å². The number of sulfone groups is 1. The zero-order chi connectivity index (χ0) is 17.9. The van der Waals surface area contributed by atoms with Crippen LogP contribution in [0.25, 0.3) is 0 Å². The van der Waals surface area contributed by atoms with Crippen LogP contribution >= 0.6 is 0 Å². The topological polar surface area (TPSA) is 86.2 Å². The molecule has 0 atom stereocenters. The van der Waals surface area contributed by atoms with Gasteiger partial charge in [-0.15, -0.1) is 0 Å². The van der Waals surface area contributed by atoms with Crippen LogP contribution in [0.1, 0.15) is 16.7 Å². The van der Waals surface area contributed by atoms with E-state index >= 15 is 0 Å². The number of anilines is 2. The molecule has 0 heterocycles. The number of nitrogens with two attached hydrogens (primary N) is 2. The van der Waals surface area contributed by atoms with Crippen LogP contribution in [0, 0.1) is 0 Å². The van der Waals surface area contributed by atoms with Crippen molar-refractivity contribution in [2.24, 2.45) is 0 Å². The standard InChI is InChI=1S/C20H20N2O2S/c21-19-11-8-17(13-20(19)22)12-15-6-9-18(10-7-15)25(23,24)14-16-4-2-1-3-5-16/h1-11,13H,12,14,21-22H2. The van der Waals surface area contributed by atoms with Crippen molar-refractivity contribution in [1.29, 1.82) is 0 Å². The van der Waals surface area contributed by atoms with Gasteiger partial charge in [0.15, 0.2) is 9.84 Å². The summed E-state index contributed by atoms with van der Waals surface area (Å²) in [4.78, 5) is 0.330. The highest BCUT2D eigenvalue weighted by Gasteiger charge is 2.15. The summed E-state index contributed by atoms with van der Waals surface area (Å²) in [7, 11) is -3.35. The minimum Gasteiger partial charge on any atom is -0.397 e. The molecule has 0 fully saturated rings. The van der Waals surface area contributed by atoms with Gasteiger partial charge >= 0.3 is 0 Å². The quantitative estimate of drug-likeness (QED) is 0.689. The Bertz CT molecular complexity index is 966. The monoisotopic (exact) mass is 352 g/mol. The van der Waals surface area contributed by atoms with Crippen molar-refractivity contribution >= 4 is 21.2 Å². The molecule has 0 spiro atoms. The lowest BCUT2D eigenvalue weighted by atomic mass is 10.0. The number of rotatable bonds is 5. The molecule has 3 rings (SSSR count). The van der Waals surface area contributed by atoms with E-state index in [1.54, 1.807) is 18.2 Å². The van der Waals surface area contributed by atoms with Crippen LogP contribution in [0.4, 0.5) is 11.4 Å². The van der Waals surface area contributed by atoms with Crippen molar-refractivity contribution in [3.8, 4) is 0 Å². The highest BCUT2D eigenvalue weighted by Crippen LogP contribution is 2.21. The summed E-state index contributed by atoms with van der Waals surface area (Å²) in [5, 5.41) is 0. The van der Waals surface area contributed by atoms with Gasteiger partial charge in [0.05, 0.1) is 22.0 Å². The van der Waals surface area contributed by atoms with Crippen LogP contribution in [-0.4, -0.2) is 8.42 Å². The molecule has 25 heavy (non-hydrogen) atoms. The van der Waals surface area contributed by atoms with Crippen LogP contribution in [-0.2, 0) is 22.0 Å². The zero-order valence-corrected chi connectivity index (χ0v) is 14.5. The number of benzene rings is 3. The summed E-state index contributed by atoms with van der Waals surface area (Å²) in [5.41, 5.74) is 15.5. The molecule has 0 saturated heterocycles. The van der Waals surface area contributed by atoms with E-state index in [2.05, 4.69) is 0 Å². The molecule has 0 aromatic heterocycles. The van der Waals surface area contributed by atoms with Crippen molar-refractivity contribution < 1.29 is 8.42 Å². The summed E-state index contributed by atoms with van der Waals surface area (Å²) in [6.45, 7) is 0. The van der Waals surface area contributed by atoms with E-state index < -0.39 is 9.84 Å². The van der Waals surface area contributed by atoms with Gasteiger partial charge in [-0.25, -0.2) is 8.42 Å². The van der Waals surface area contributed by atoms with Crippen LogP contribution < -0.4 is 11.5 Å². The van der Waals surface area contributed by atoms with E-state index in [9.17, 15) is 8.42 Å². The third-order valence-electron chi connectivity index (χ3n) is 4.04. The Hall–Kier alpha value is -2.79. The van der Waals surface area contributed by atoms with E-state index in [4.69, 9.17) is 11.5 Å². The lowest BCUT2D eigenvalue weighted by Crippen LogP contribution is -2.05. The first-order chi connectivity index (χ1) is 11.9. The van der Waals surface area contributed by atoms with Crippen molar-refractivity contribution in [3.05, 3.63) is 89.5 Å². The fraction of sp³-hybridized carbons (Fsp3) is 0.100. The average molecular weight is 352 g/mol. The summed E-state index contributed by atoms with van der Waals surface area (Å²) in [6.07, 6.45) is 0.670. The molecule has 0 radical (unpaired) electrons. The van der Waals surface area contributed by atoms with Gasteiger partial charge in [-0.2, -0.15) is 0 Å². The zero-order valence-electron chi connectivity index (χ0n) is 13.7. The predicted molar refractivity (Wildman–Crippen MR) is 102 cm³/mol. The second-order valence-corrected chi connectivity index (χ2v) is 8.02. The van der Waals surface area contributed by atoms with E-state index in [1.165, 1.54) is 0 Å². The molecule has 4 nitrogen and oxygen atoms in total. The smallest absolute Gasteiger partial charge is 0.182 e. The van der Waals surface area contributed by atoms with Crippen LogP contribution in [0.2, 0.25) is 0 Å². The predicted octanol–water partition coefficient (Wildman–Crippen LogP) is 3.42. The third kappa shape index (κ3) is 4.19. The molecular weight excluding hydrogens is 332 g/mol. The van der Waals surface area contributed by atoms with Crippen molar-refractivity contribution in [1.82, 2.24) is 0 Å². The highest BCUT2D eigenvalue weighted by atomic mass is 32.2. The number of hydrogen-bond acceptors (Lipinski definition) is 4. The van der Waals surface area contributed by atoms with Crippen LogP contribution in [0.5, 0.6) is 0 Å². The minimum absolute atomic E-state index is 0.00167. The first-order valence-electron chi connectivity index (χ1n) is 7.93. The Labute approximate surface area is 148 Å². The molecule has 0 aliphatic rings. The molecule has 0 amide bonds. The molecule has 0 aliphatic heterocycles. The third-order valence-corrected chi connectivity index (χ3v) is 5.75. The van der Waals surface area contributed by atoms with Crippen LogP contribution in [0.15, 0.2) is 77.7 Å². The van der Waals surface area contributed by atoms with Gasteiger partial charge in [-0.1, -0.05) is 48.5 Å². The molecule has 0 aliphatic carbocycles. The number of hydrogen-bond donors (Lipinski definition) is 2. The van der Waals surface area contributed by atoms with Gasteiger partial charge in [0.1, 0.15) is 0 Å². The van der Waals surface area contributed by atoms with E-state index in [0.29, 0.717) is 22.7 Å². The summed E-state index contributed by atoms with van der Waals surface area (Å²) in [6, 6.07) is 21.7. The van der Waals surface area contributed by atoms with Gasteiger partial charge in [0, 0.05) is 0 Å². The van der Waals surface area contributed by atoms with Gasteiger partial charge in [-0.3, -0.25) is 0 Å². The van der Waals surface area contributed by atoms with Crippen molar-refractivity contribution in [3.63, 3.8) is 0 Å². The maximum atomic E-state index is 12.5. The summed E-state index contributed by atoms with van der Waals surface area (Å²) >= 11 is 0.